The predicted molar refractivity (Wildman–Crippen MR) is 101 cm³/mol. The highest BCUT2D eigenvalue weighted by molar-refractivity contribution is 5.93. The molecule has 3 rings (SSSR count). The quantitative estimate of drug-likeness (QED) is 0.799. The predicted octanol–water partition coefficient (Wildman–Crippen LogP) is 3.04. The summed E-state index contributed by atoms with van der Waals surface area (Å²) in [6.07, 6.45) is -0.873. The molecule has 0 bridgehead atoms. The number of carbonyl (C=O) groups is 2. The molecule has 1 aromatic heterocycles. The van der Waals surface area contributed by atoms with Crippen molar-refractivity contribution in [2.45, 2.75) is 38.4 Å². The molecule has 1 saturated heterocycles. The summed E-state index contributed by atoms with van der Waals surface area (Å²) in [5.74, 6) is -0.656. The first-order chi connectivity index (χ1) is 14.2. The zero-order chi connectivity index (χ0) is 21.9. The van der Waals surface area contributed by atoms with E-state index >= 15 is 0 Å². The Bertz CT molecular complexity index is 949. The van der Waals surface area contributed by atoms with Gasteiger partial charge in [-0.25, -0.2) is 9.97 Å². The van der Waals surface area contributed by atoms with Crippen molar-refractivity contribution in [3.63, 3.8) is 0 Å². The summed E-state index contributed by atoms with van der Waals surface area (Å²) in [6, 6.07) is 3.98. The van der Waals surface area contributed by atoms with E-state index in [2.05, 4.69) is 9.97 Å². The van der Waals surface area contributed by atoms with Crippen molar-refractivity contribution in [1.29, 1.82) is 0 Å². The molecule has 1 atom stereocenters. The average Bonchev–Trinajstić information content (AvgIpc) is 2.71. The van der Waals surface area contributed by atoms with Crippen LogP contribution < -0.4 is 10.5 Å². The van der Waals surface area contributed by atoms with Gasteiger partial charge in [-0.3, -0.25) is 9.59 Å². The molecule has 160 valence electrons. The van der Waals surface area contributed by atoms with Crippen LogP contribution in [0.3, 0.4) is 0 Å². The molecule has 10 heteroatoms. The largest absolute Gasteiger partial charge is 0.484 e. The highest BCUT2D eigenvalue weighted by Gasteiger charge is 2.32. The topological polar surface area (TPSA) is 98.4 Å². The van der Waals surface area contributed by atoms with Crippen LogP contribution in [0.15, 0.2) is 30.5 Å². The van der Waals surface area contributed by atoms with Crippen LogP contribution in [0.2, 0.25) is 0 Å². The number of piperidine rings is 1. The molecule has 2 heterocycles. The van der Waals surface area contributed by atoms with Gasteiger partial charge in [-0.15, -0.1) is 0 Å². The lowest BCUT2D eigenvalue weighted by atomic mass is 10.0. The Hall–Kier alpha value is -3.17. The van der Waals surface area contributed by atoms with Crippen molar-refractivity contribution in [2.24, 2.45) is 5.73 Å². The number of nitrogens with zero attached hydrogens (tertiary/aromatic N) is 3. The smallest absolute Gasteiger partial charge is 0.416 e. The van der Waals surface area contributed by atoms with Crippen molar-refractivity contribution in [3.05, 3.63) is 53.1 Å². The highest BCUT2D eigenvalue weighted by Crippen LogP contribution is 2.32. The van der Waals surface area contributed by atoms with Gasteiger partial charge in [0.25, 0.3) is 11.8 Å². The Balaban J connectivity index is 1.73. The van der Waals surface area contributed by atoms with E-state index in [9.17, 15) is 22.8 Å². The molecule has 2 N–H and O–H groups in total. The number of halogens is 3. The molecule has 1 aliphatic rings. The van der Waals surface area contributed by atoms with E-state index in [1.54, 1.807) is 11.8 Å². The first-order valence-corrected chi connectivity index (χ1v) is 9.39. The van der Waals surface area contributed by atoms with Gasteiger partial charge in [-0.1, -0.05) is 6.07 Å². The van der Waals surface area contributed by atoms with E-state index in [0.717, 1.165) is 25.0 Å². The zero-order valence-electron chi connectivity index (χ0n) is 16.3. The van der Waals surface area contributed by atoms with E-state index in [1.807, 2.05) is 0 Å². The molecule has 0 unspecified atom stereocenters. The van der Waals surface area contributed by atoms with Crippen LogP contribution >= 0.6 is 0 Å². The lowest BCUT2D eigenvalue weighted by Gasteiger charge is -2.34. The number of alkyl halides is 3. The van der Waals surface area contributed by atoms with Crippen LogP contribution in [-0.4, -0.2) is 39.8 Å². The molecule has 1 fully saturated rings. The molecule has 2 aromatic rings. The number of primary amides is 1. The third kappa shape index (κ3) is 4.87. The number of amides is 2. The molecule has 0 aliphatic carbocycles. The standard InChI is InChI=1S/C20H21F3N4O3/c1-12-15(18(24)29)10-25-19(26-12)16-7-2-3-8-27(16)17(28)11-30-14-6-4-5-13(9-14)20(21,22)23/h4-6,9-10,16H,2-3,7-8,11H2,1H3,(H2,24,29)/t16-/m1/s1. The third-order valence-corrected chi connectivity index (χ3v) is 4.91. The fraction of sp³-hybridized carbons (Fsp3) is 0.400. The number of nitrogens with two attached hydrogens (primary N) is 1. The molecule has 1 aromatic carbocycles. The van der Waals surface area contributed by atoms with E-state index in [1.165, 1.54) is 18.3 Å². The van der Waals surface area contributed by atoms with Crippen molar-refractivity contribution < 1.29 is 27.5 Å². The molecule has 2 amide bonds. The summed E-state index contributed by atoms with van der Waals surface area (Å²) in [5.41, 5.74) is 5.07. The number of hydrogen-bond acceptors (Lipinski definition) is 5. The average molecular weight is 422 g/mol. The molecule has 0 radical (unpaired) electrons. The van der Waals surface area contributed by atoms with Gasteiger partial charge in [0.1, 0.15) is 5.75 Å². The van der Waals surface area contributed by atoms with Gasteiger partial charge in [0, 0.05) is 12.7 Å². The highest BCUT2D eigenvalue weighted by atomic mass is 19.4. The summed E-state index contributed by atoms with van der Waals surface area (Å²) in [5, 5.41) is 0. The van der Waals surface area contributed by atoms with E-state index in [4.69, 9.17) is 10.5 Å². The van der Waals surface area contributed by atoms with Crippen LogP contribution in [0.4, 0.5) is 13.2 Å². The summed E-state index contributed by atoms with van der Waals surface area (Å²) in [6.45, 7) is 1.68. The number of likely N-dealkylation sites (tertiary alicyclic amines) is 1. The van der Waals surface area contributed by atoms with Crippen LogP contribution in [0.5, 0.6) is 5.75 Å². The van der Waals surface area contributed by atoms with E-state index < -0.39 is 30.3 Å². The maximum atomic E-state index is 12.8. The molecule has 30 heavy (non-hydrogen) atoms. The molecule has 1 aliphatic heterocycles. The SMILES string of the molecule is Cc1nc([C@H]2CCCCN2C(=O)COc2cccc(C(F)(F)F)c2)ncc1C(N)=O. The maximum absolute atomic E-state index is 12.8. The zero-order valence-corrected chi connectivity index (χ0v) is 16.3. The molecule has 0 saturated carbocycles. The Morgan fingerprint density at radius 2 is 2.07 bits per heavy atom. The van der Waals surface area contributed by atoms with Crippen LogP contribution in [0, 0.1) is 6.92 Å². The monoisotopic (exact) mass is 422 g/mol. The second-order valence-corrected chi connectivity index (χ2v) is 7.00. The molecule has 0 spiro atoms. The van der Waals surface area contributed by atoms with Gasteiger partial charge in [-0.2, -0.15) is 13.2 Å². The lowest BCUT2D eigenvalue weighted by molar-refractivity contribution is -0.137. The van der Waals surface area contributed by atoms with Gasteiger partial charge in [0.05, 0.1) is 22.9 Å². The number of carbonyl (C=O) groups excluding carboxylic acids is 2. The van der Waals surface area contributed by atoms with Crippen LogP contribution in [0.1, 0.15) is 52.7 Å². The van der Waals surface area contributed by atoms with Gasteiger partial charge in [-0.05, 0) is 44.4 Å². The van der Waals surface area contributed by atoms with Gasteiger partial charge >= 0.3 is 6.18 Å². The molecular formula is C20H21F3N4O3. The van der Waals surface area contributed by atoms with E-state index in [0.29, 0.717) is 24.5 Å². The Morgan fingerprint density at radius 1 is 1.30 bits per heavy atom. The van der Waals surface area contributed by atoms with Crippen LogP contribution in [0.25, 0.3) is 0 Å². The Labute approximate surface area is 171 Å². The van der Waals surface area contributed by atoms with Crippen molar-refractivity contribution in [2.75, 3.05) is 13.2 Å². The minimum atomic E-state index is -4.49. The summed E-state index contributed by atoms with van der Waals surface area (Å²) in [4.78, 5) is 34.2. The summed E-state index contributed by atoms with van der Waals surface area (Å²) in [7, 11) is 0. The number of hydrogen-bond donors (Lipinski definition) is 1. The number of benzene rings is 1. The molecular weight excluding hydrogens is 401 g/mol. The Morgan fingerprint density at radius 3 is 2.73 bits per heavy atom. The van der Waals surface area contributed by atoms with Gasteiger partial charge in [0.15, 0.2) is 12.4 Å². The van der Waals surface area contributed by atoms with Crippen molar-refractivity contribution in [3.8, 4) is 5.75 Å². The summed E-state index contributed by atoms with van der Waals surface area (Å²) < 4.78 is 43.8. The van der Waals surface area contributed by atoms with Gasteiger partial charge in [0.2, 0.25) is 0 Å². The van der Waals surface area contributed by atoms with E-state index in [-0.39, 0.29) is 17.2 Å². The third-order valence-electron chi connectivity index (χ3n) is 4.91. The fourth-order valence-electron chi connectivity index (χ4n) is 3.38. The number of ether oxygens (including phenoxy) is 1. The van der Waals surface area contributed by atoms with Crippen molar-refractivity contribution in [1.82, 2.24) is 14.9 Å². The first-order valence-electron chi connectivity index (χ1n) is 9.39. The molecule has 7 nitrogen and oxygen atoms in total. The van der Waals surface area contributed by atoms with Crippen molar-refractivity contribution >= 4 is 11.8 Å². The van der Waals surface area contributed by atoms with Gasteiger partial charge < -0.3 is 15.4 Å². The lowest BCUT2D eigenvalue weighted by Crippen LogP contribution is -2.41. The normalized spacial score (nSPS) is 16.9. The van der Waals surface area contributed by atoms with Crippen LogP contribution in [-0.2, 0) is 11.0 Å². The minimum Gasteiger partial charge on any atom is -0.484 e. The number of aryl methyl sites for hydroxylation is 1. The first kappa shape index (κ1) is 21.5. The second-order valence-electron chi connectivity index (χ2n) is 7.00. The Kier molecular flexibility index (Phi) is 6.23. The minimum absolute atomic E-state index is 0.0374. The number of aromatic nitrogens is 2. The number of rotatable bonds is 5. The maximum Gasteiger partial charge on any atom is 0.416 e. The fourth-order valence-corrected chi connectivity index (χ4v) is 3.38. The second kappa shape index (κ2) is 8.68. The summed E-state index contributed by atoms with van der Waals surface area (Å²) >= 11 is 0.